The summed E-state index contributed by atoms with van der Waals surface area (Å²) in [6, 6.07) is 0.221. The summed E-state index contributed by atoms with van der Waals surface area (Å²) in [5.41, 5.74) is 1.19. The average molecular weight is 320 g/mol. The zero-order valence-corrected chi connectivity index (χ0v) is 15.3. The number of guanidine groups is 1. The van der Waals surface area contributed by atoms with Crippen molar-refractivity contribution >= 4 is 5.96 Å². The van der Waals surface area contributed by atoms with Crippen LogP contribution < -0.4 is 5.32 Å². The summed E-state index contributed by atoms with van der Waals surface area (Å²) >= 11 is 0. The molecule has 6 nitrogen and oxygen atoms in total. The molecule has 0 fully saturated rings. The second kappa shape index (κ2) is 10.0. The van der Waals surface area contributed by atoms with Crippen LogP contribution in [0.5, 0.6) is 0 Å². The molecule has 23 heavy (non-hydrogen) atoms. The van der Waals surface area contributed by atoms with E-state index in [0.29, 0.717) is 6.54 Å². The van der Waals surface area contributed by atoms with Gasteiger partial charge in [-0.1, -0.05) is 6.08 Å². The van der Waals surface area contributed by atoms with E-state index in [-0.39, 0.29) is 6.04 Å². The van der Waals surface area contributed by atoms with Gasteiger partial charge in [-0.05, 0) is 33.9 Å². The van der Waals surface area contributed by atoms with Crippen molar-refractivity contribution in [2.45, 2.75) is 25.8 Å². The van der Waals surface area contributed by atoms with E-state index in [1.54, 1.807) is 0 Å². The number of aliphatic imine (C=N–C) groups is 1. The normalized spacial score (nSPS) is 13.2. The third-order valence-corrected chi connectivity index (χ3v) is 3.75. The van der Waals surface area contributed by atoms with Crippen LogP contribution in [0.2, 0.25) is 0 Å². The number of likely N-dealkylation sites (N-methyl/N-ethyl adjacent to an activating group) is 1. The largest absolute Gasteiger partial charge is 0.357 e. The summed E-state index contributed by atoms with van der Waals surface area (Å²) in [5, 5.41) is 7.65. The topological polar surface area (TPSA) is 48.7 Å². The van der Waals surface area contributed by atoms with Crippen molar-refractivity contribution in [1.29, 1.82) is 0 Å². The Balaban J connectivity index is 2.77. The van der Waals surface area contributed by atoms with Gasteiger partial charge in [0.1, 0.15) is 0 Å². The number of aryl methyl sites for hydroxylation is 1. The summed E-state index contributed by atoms with van der Waals surface area (Å²) in [5.74, 6) is 0.951. The molecule has 1 N–H and O–H groups in total. The summed E-state index contributed by atoms with van der Waals surface area (Å²) in [4.78, 5) is 9.19. The number of hydrogen-bond acceptors (Lipinski definition) is 3. The van der Waals surface area contributed by atoms with Gasteiger partial charge in [-0.3, -0.25) is 9.67 Å². The lowest BCUT2D eigenvalue weighted by Gasteiger charge is -2.25. The molecule has 1 heterocycles. The van der Waals surface area contributed by atoms with E-state index in [2.05, 4.69) is 61.1 Å². The standard InChI is InChI=1S/C17H32N6/c1-7-9-10-11-22(5)17(18-8-2)19-13-16(21(3)4)15-12-20-23(6)14-15/h7,12,14,16H,1,8-11,13H2,2-6H3,(H,18,19). The number of aromatic nitrogens is 2. The highest BCUT2D eigenvalue weighted by Gasteiger charge is 2.16. The molecule has 0 saturated carbocycles. The van der Waals surface area contributed by atoms with E-state index in [1.807, 2.05) is 24.0 Å². The van der Waals surface area contributed by atoms with Gasteiger partial charge in [-0.15, -0.1) is 6.58 Å². The number of nitrogens with zero attached hydrogens (tertiary/aromatic N) is 5. The molecule has 0 aliphatic heterocycles. The van der Waals surface area contributed by atoms with Crippen molar-refractivity contribution in [3.05, 3.63) is 30.6 Å². The quantitative estimate of drug-likeness (QED) is 0.327. The van der Waals surface area contributed by atoms with E-state index in [0.717, 1.165) is 31.9 Å². The predicted octanol–water partition coefficient (Wildman–Crippen LogP) is 1.89. The first kappa shape index (κ1) is 19.2. The van der Waals surface area contributed by atoms with Gasteiger partial charge in [-0.2, -0.15) is 5.10 Å². The van der Waals surface area contributed by atoms with E-state index < -0.39 is 0 Å². The summed E-state index contributed by atoms with van der Waals surface area (Å²) in [6.45, 7) is 8.41. The van der Waals surface area contributed by atoms with Crippen molar-refractivity contribution < 1.29 is 0 Å². The molecular formula is C17H32N6. The fourth-order valence-electron chi connectivity index (χ4n) is 2.40. The van der Waals surface area contributed by atoms with Crippen molar-refractivity contribution in [3.63, 3.8) is 0 Å². The fraction of sp³-hybridized carbons (Fsp3) is 0.647. The van der Waals surface area contributed by atoms with E-state index in [9.17, 15) is 0 Å². The zero-order chi connectivity index (χ0) is 17.2. The molecule has 0 aromatic carbocycles. The molecule has 0 spiro atoms. The van der Waals surface area contributed by atoms with Crippen molar-refractivity contribution in [2.75, 3.05) is 40.8 Å². The molecule has 1 rings (SSSR count). The van der Waals surface area contributed by atoms with E-state index >= 15 is 0 Å². The van der Waals surface area contributed by atoms with Crippen LogP contribution in [-0.2, 0) is 7.05 Å². The fourth-order valence-corrected chi connectivity index (χ4v) is 2.40. The summed E-state index contributed by atoms with van der Waals surface area (Å²) in [7, 11) is 8.18. The predicted molar refractivity (Wildman–Crippen MR) is 97.7 cm³/mol. The lowest BCUT2D eigenvalue weighted by Crippen LogP contribution is -2.40. The van der Waals surface area contributed by atoms with Gasteiger partial charge in [0.05, 0.1) is 18.8 Å². The molecule has 130 valence electrons. The Morgan fingerprint density at radius 3 is 2.74 bits per heavy atom. The molecule has 0 saturated heterocycles. The van der Waals surface area contributed by atoms with Crippen LogP contribution in [0.1, 0.15) is 31.4 Å². The maximum Gasteiger partial charge on any atom is 0.193 e. The van der Waals surface area contributed by atoms with Crippen LogP contribution in [0.25, 0.3) is 0 Å². The Morgan fingerprint density at radius 1 is 1.48 bits per heavy atom. The highest BCUT2D eigenvalue weighted by molar-refractivity contribution is 5.79. The maximum atomic E-state index is 4.83. The van der Waals surface area contributed by atoms with E-state index in [4.69, 9.17) is 4.99 Å². The van der Waals surface area contributed by atoms with Crippen molar-refractivity contribution in [1.82, 2.24) is 24.9 Å². The Morgan fingerprint density at radius 2 is 2.22 bits per heavy atom. The van der Waals surface area contributed by atoms with Gasteiger partial charge in [0.15, 0.2) is 5.96 Å². The molecule has 0 amide bonds. The summed E-state index contributed by atoms with van der Waals surface area (Å²) < 4.78 is 1.84. The molecule has 0 radical (unpaired) electrons. The first-order valence-corrected chi connectivity index (χ1v) is 8.24. The molecule has 1 aromatic heterocycles. The van der Waals surface area contributed by atoms with Crippen LogP contribution >= 0.6 is 0 Å². The number of hydrogen-bond donors (Lipinski definition) is 1. The molecule has 6 heteroatoms. The van der Waals surface area contributed by atoms with Crippen LogP contribution in [0, 0.1) is 0 Å². The number of unbranched alkanes of at least 4 members (excludes halogenated alkanes) is 1. The lowest BCUT2D eigenvalue weighted by atomic mass is 10.1. The molecule has 1 atom stereocenters. The van der Waals surface area contributed by atoms with Gasteiger partial charge >= 0.3 is 0 Å². The van der Waals surface area contributed by atoms with Gasteiger partial charge in [0.25, 0.3) is 0 Å². The van der Waals surface area contributed by atoms with Gasteiger partial charge in [0, 0.05) is 38.9 Å². The molecule has 1 unspecified atom stereocenters. The second-order valence-electron chi connectivity index (χ2n) is 5.97. The zero-order valence-electron chi connectivity index (χ0n) is 15.3. The number of allylic oxidation sites excluding steroid dienone is 1. The highest BCUT2D eigenvalue weighted by Crippen LogP contribution is 2.17. The van der Waals surface area contributed by atoms with Crippen LogP contribution in [0.4, 0.5) is 0 Å². The molecule has 1 aromatic rings. The highest BCUT2D eigenvalue weighted by atomic mass is 15.3. The van der Waals surface area contributed by atoms with Crippen LogP contribution in [-0.4, -0.2) is 66.3 Å². The first-order valence-electron chi connectivity index (χ1n) is 8.24. The minimum Gasteiger partial charge on any atom is -0.357 e. The van der Waals surface area contributed by atoms with Crippen molar-refractivity contribution in [2.24, 2.45) is 12.0 Å². The second-order valence-corrected chi connectivity index (χ2v) is 5.97. The lowest BCUT2D eigenvalue weighted by molar-refractivity contribution is 0.305. The Labute approximate surface area is 140 Å². The van der Waals surface area contributed by atoms with Gasteiger partial charge in [0.2, 0.25) is 0 Å². The summed E-state index contributed by atoms with van der Waals surface area (Å²) in [6.07, 6.45) is 8.05. The van der Waals surface area contributed by atoms with Gasteiger partial charge < -0.3 is 15.1 Å². The smallest absolute Gasteiger partial charge is 0.193 e. The third-order valence-electron chi connectivity index (χ3n) is 3.75. The average Bonchev–Trinajstić information content (AvgIpc) is 2.92. The van der Waals surface area contributed by atoms with Gasteiger partial charge in [-0.25, -0.2) is 0 Å². The number of rotatable bonds is 9. The molecular weight excluding hydrogens is 288 g/mol. The Hall–Kier alpha value is -1.82. The molecule has 0 aliphatic carbocycles. The number of nitrogens with one attached hydrogen (secondary N) is 1. The van der Waals surface area contributed by atoms with Crippen LogP contribution in [0.3, 0.4) is 0 Å². The minimum atomic E-state index is 0.221. The SMILES string of the molecule is C=CCCCN(C)C(=NCC(c1cnn(C)c1)N(C)C)NCC. The third kappa shape index (κ3) is 6.44. The van der Waals surface area contributed by atoms with Crippen molar-refractivity contribution in [3.8, 4) is 0 Å². The Bertz CT molecular complexity index is 491. The van der Waals surface area contributed by atoms with Crippen LogP contribution in [0.15, 0.2) is 30.0 Å². The monoisotopic (exact) mass is 320 g/mol. The Kier molecular flexibility index (Phi) is 8.40. The molecule has 0 bridgehead atoms. The minimum absolute atomic E-state index is 0.221. The molecule has 0 aliphatic rings. The first-order chi connectivity index (χ1) is 11.0. The maximum absolute atomic E-state index is 4.83. The van der Waals surface area contributed by atoms with E-state index in [1.165, 1.54) is 5.56 Å².